The van der Waals surface area contributed by atoms with Crippen LogP contribution in [-0.4, -0.2) is 28.5 Å². The van der Waals surface area contributed by atoms with Gasteiger partial charge < -0.3 is 5.11 Å². The highest BCUT2D eigenvalue weighted by Crippen LogP contribution is 2.28. The van der Waals surface area contributed by atoms with Crippen molar-refractivity contribution in [1.82, 2.24) is 8.96 Å². The quantitative estimate of drug-likeness (QED) is 0.770. The van der Waals surface area contributed by atoms with Gasteiger partial charge in [-0.1, -0.05) is 17.7 Å². The summed E-state index contributed by atoms with van der Waals surface area (Å²) >= 11 is 0. The molecule has 6 nitrogen and oxygen atoms in total. The Morgan fingerprint density at radius 3 is 2.28 bits per heavy atom. The molecule has 0 saturated carbocycles. The number of hydrogen-bond acceptors (Lipinski definition) is 4. The number of aryl methyl sites for hydroxylation is 2. The van der Waals surface area contributed by atoms with E-state index in [1.165, 1.54) is 24.3 Å². The van der Waals surface area contributed by atoms with Gasteiger partial charge in [-0.2, -0.15) is 0 Å². The van der Waals surface area contributed by atoms with Crippen molar-refractivity contribution in [3.63, 3.8) is 0 Å². The maximum absolute atomic E-state index is 14.1. The Balaban J connectivity index is 2.44. The summed E-state index contributed by atoms with van der Waals surface area (Å²) in [5.74, 6) is -4.21. The molecule has 2 heterocycles. The van der Waals surface area contributed by atoms with Gasteiger partial charge in [0.05, 0.1) is 16.0 Å². The Bertz CT molecular complexity index is 1120. The summed E-state index contributed by atoms with van der Waals surface area (Å²) in [4.78, 5) is 15.0. The third kappa shape index (κ3) is 2.56. The molecule has 3 aromatic rings. The van der Waals surface area contributed by atoms with Gasteiger partial charge in [-0.3, -0.25) is 0 Å². The van der Waals surface area contributed by atoms with E-state index in [-0.39, 0.29) is 10.6 Å². The van der Waals surface area contributed by atoms with Crippen molar-refractivity contribution in [3.05, 3.63) is 58.9 Å². The van der Waals surface area contributed by atoms with Gasteiger partial charge in [-0.05, 0) is 32.0 Å². The summed E-state index contributed by atoms with van der Waals surface area (Å²) < 4.78 is 54.1. The molecule has 0 saturated heterocycles. The minimum absolute atomic E-state index is 0.192. The van der Waals surface area contributed by atoms with Crippen LogP contribution in [0.1, 0.15) is 21.7 Å². The highest BCUT2D eigenvalue weighted by atomic mass is 32.2. The normalized spacial score (nSPS) is 11.8. The number of aromatic nitrogens is 2. The number of carboxylic acids is 1. The number of benzene rings is 1. The number of nitrogens with zero attached hydrogens (tertiary/aromatic N) is 2. The molecule has 2 aromatic heterocycles. The molecule has 0 spiro atoms. The minimum Gasteiger partial charge on any atom is -0.477 e. The van der Waals surface area contributed by atoms with Crippen LogP contribution in [0.2, 0.25) is 0 Å². The number of rotatable bonds is 3. The number of carboxylic acid groups (broad SMARTS) is 1. The van der Waals surface area contributed by atoms with Crippen molar-refractivity contribution in [3.8, 4) is 0 Å². The van der Waals surface area contributed by atoms with Gasteiger partial charge in [0.25, 0.3) is 10.0 Å². The average molecular weight is 366 g/mol. The first-order valence-electron chi connectivity index (χ1n) is 7.07. The lowest BCUT2D eigenvalue weighted by Gasteiger charge is -2.10. The minimum atomic E-state index is -4.38. The van der Waals surface area contributed by atoms with Crippen LogP contribution >= 0.6 is 0 Å². The van der Waals surface area contributed by atoms with Gasteiger partial charge in [0.1, 0.15) is 5.69 Å². The topological polar surface area (TPSA) is 89.3 Å². The predicted molar refractivity (Wildman–Crippen MR) is 85.1 cm³/mol. The molecule has 1 N–H and O–H groups in total. The van der Waals surface area contributed by atoms with Crippen molar-refractivity contribution in [2.75, 3.05) is 0 Å². The van der Waals surface area contributed by atoms with Crippen LogP contribution in [0.5, 0.6) is 0 Å². The molecule has 130 valence electrons. The van der Waals surface area contributed by atoms with E-state index in [1.807, 2.05) is 0 Å². The van der Waals surface area contributed by atoms with Gasteiger partial charge in [-0.25, -0.2) is 30.9 Å². The molecule has 0 aliphatic heterocycles. The zero-order chi connectivity index (χ0) is 18.5. The molecular formula is C16H12F2N2O4S. The van der Waals surface area contributed by atoms with Crippen molar-refractivity contribution in [2.24, 2.45) is 0 Å². The third-order valence-corrected chi connectivity index (χ3v) is 5.45. The molecule has 0 bridgehead atoms. The second-order valence-electron chi connectivity index (χ2n) is 5.48. The predicted octanol–water partition coefficient (Wildman–Crippen LogP) is 2.87. The molecule has 3 rings (SSSR count). The van der Waals surface area contributed by atoms with Gasteiger partial charge in [0, 0.05) is 0 Å². The molecule has 25 heavy (non-hydrogen) atoms. The van der Waals surface area contributed by atoms with Crippen molar-refractivity contribution >= 4 is 27.0 Å². The molecule has 0 unspecified atom stereocenters. The number of hydrogen-bond donors (Lipinski definition) is 1. The number of carbonyl (C=O) groups is 1. The fourth-order valence-electron chi connectivity index (χ4n) is 2.44. The maximum atomic E-state index is 14.1. The summed E-state index contributed by atoms with van der Waals surface area (Å²) in [6.45, 7) is 2.92. The van der Waals surface area contributed by atoms with E-state index in [9.17, 15) is 27.1 Å². The number of halogens is 2. The van der Waals surface area contributed by atoms with Crippen molar-refractivity contribution in [1.29, 1.82) is 0 Å². The second kappa shape index (κ2) is 5.62. The van der Waals surface area contributed by atoms with Crippen LogP contribution in [0, 0.1) is 25.5 Å². The lowest BCUT2D eigenvalue weighted by Crippen LogP contribution is -2.19. The molecule has 1 aromatic carbocycles. The van der Waals surface area contributed by atoms with Crippen LogP contribution in [0.3, 0.4) is 0 Å². The Kier molecular flexibility index (Phi) is 3.83. The SMILES string of the molecule is Cc1ccc(S(=O)(=O)n2c(C(=O)O)cc3c(F)c(F)c(C)nc32)cc1. The summed E-state index contributed by atoms with van der Waals surface area (Å²) in [6, 6.07) is 6.44. The number of fused-ring (bicyclic) bond motifs is 1. The highest BCUT2D eigenvalue weighted by Gasteiger charge is 2.29. The van der Waals surface area contributed by atoms with E-state index in [1.54, 1.807) is 6.92 Å². The van der Waals surface area contributed by atoms with E-state index in [0.717, 1.165) is 18.6 Å². The van der Waals surface area contributed by atoms with Crippen molar-refractivity contribution in [2.45, 2.75) is 18.7 Å². The Labute approximate surface area is 141 Å². The summed E-state index contributed by atoms with van der Waals surface area (Å²) in [5.41, 5.74) is -0.779. The Morgan fingerprint density at radius 1 is 1.12 bits per heavy atom. The van der Waals surface area contributed by atoms with Gasteiger partial charge in [-0.15, -0.1) is 0 Å². The van der Waals surface area contributed by atoms with E-state index >= 15 is 0 Å². The van der Waals surface area contributed by atoms with Gasteiger partial charge in [0.2, 0.25) is 0 Å². The first-order chi connectivity index (χ1) is 11.6. The maximum Gasteiger partial charge on any atom is 0.353 e. The van der Waals surface area contributed by atoms with E-state index in [2.05, 4.69) is 4.98 Å². The summed E-state index contributed by atoms with van der Waals surface area (Å²) in [5, 5.41) is 8.80. The molecule has 0 atom stereocenters. The number of aromatic carboxylic acids is 1. The molecule has 0 aliphatic carbocycles. The first-order valence-corrected chi connectivity index (χ1v) is 8.51. The molecule has 9 heteroatoms. The Hall–Kier alpha value is -2.81. The monoisotopic (exact) mass is 366 g/mol. The third-order valence-electron chi connectivity index (χ3n) is 3.73. The van der Waals surface area contributed by atoms with Crippen LogP contribution in [0.4, 0.5) is 8.78 Å². The van der Waals surface area contributed by atoms with Crippen molar-refractivity contribution < 1.29 is 27.1 Å². The van der Waals surface area contributed by atoms with Gasteiger partial charge >= 0.3 is 5.97 Å². The van der Waals surface area contributed by atoms with E-state index in [4.69, 9.17) is 0 Å². The lowest BCUT2D eigenvalue weighted by atomic mass is 10.2. The molecule has 0 amide bonds. The fraction of sp³-hybridized carbons (Fsp3) is 0.125. The van der Waals surface area contributed by atoms with Gasteiger partial charge in [0.15, 0.2) is 17.3 Å². The van der Waals surface area contributed by atoms with E-state index < -0.39 is 44.4 Å². The molecule has 0 fully saturated rings. The summed E-state index contributed by atoms with van der Waals surface area (Å²) in [6.07, 6.45) is 0. The first kappa shape index (κ1) is 17.0. The average Bonchev–Trinajstić information content (AvgIpc) is 2.93. The zero-order valence-corrected chi connectivity index (χ0v) is 13.9. The smallest absolute Gasteiger partial charge is 0.353 e. The standard InChI is InChI=1S/C16H12F2N2O4S/c1-8-3-5-10(6-4-8)25(23,24)20-12(16(21)22)7-11-14(18)13(17)9(2)19-15(11)20/h3-7H,1-2H3,(H,21,22). The second-order valence-corrected chi connectivity index (χ2v) is 7.27. The molecular weight excluding hydrogens is 354 g/mol. The highest BCUT2D eigenvalue weighted by molar-refractivity contribution is 7.90. The van der Waals surface area contributed by atoms with Crippen LogP contribution in [-0.2, 0) is 10.0 Å². The van der Waals surface area contributed by atoms with E-state index in [0.29, 0.717) is 3.97 Å². The van der Waals surface area contributed by atoms with Crippen LogP contribution in [0.25, 0.3) is 11.0 Å². The summed E-state index contributed by atoms with van der Waals surface area (Å²) in [7, 11) is -4.38. The zero-order valence-electron chi connectivity index (χ0n) is 13.1. The largest absolute Gasteiger partial charge is 0.477 e. The Morgan fingerprint density at radius 2 is 1.72 bits per heavy atom. The lowest BCUT2D eigenvalue weighted by molar-refractivity contribution is 0.0689. The molecule has 0 aliphatic rings. The molecule has 0 radical (unpaired) electrons. The van der Waals surface area contributed by atoms with Crippen LogP contribution in [0.15, 0.2) is 35.2 Å². The number of pyridine rings is 1. The van der Waals surface area contributed by atoms with Crippen LogP contribution < -0.4 is 0 Å². The fourth-order valence-corrected chi connectivity index (χ4v) is 3.89.